The number of anilines is 3. The van der Waals surface area contributed by atoms with E-state index in [4.69, 9.17) is 8.83 Å². The second kappa shape index (κ2) is 10.1. The first-order valence-electron chi connectivity index (χ1n) is 17.8. The van der Waals surface area contributed by atoms with Gasteiger partial charge >= 0.3 is 0 Å². The molecule has 0 atom stereocenters. The van der Waals surface area contributed by atoms with Crippen molar-refractivity contribution in [3.63, 3.8) is 0 Å². The molecule has 8 aromatic carbocycles. The van der Waals surface area contributed by atoms with Crippen molar-refractivity contribution < 1.29 is 8.83 Å². The third kappa shape index (κ3) is 3.54. The van der Waals surface area contributed by atoms with Crippen LogP contribution in [0.1, 0.15) is 22.3 Å². The van der Waals surface area contributed by atoms with Crippen molar-refractivity contribution in [3.8, 4) is 22.3 Å². The highest BCUT2D eigenvalue weighted by Gasteiger charge is 2.51. The fraction of sp³-hybridized carbons (Fsp3) is 0.0204. The Hall–Kier alpha value is -6.84. The number of benzene rings is 8. The van der Waals surface area contributed by atoms with Crippen LogP contribution in [0.15, 0.2) is 185 Å². The molecule has 2 aliphatic carbocycles. The molecule has 10 aromatic rings. The van der Waals surface area contributed by atoms with Crippen LogP contribution in [0.3, 0.4) is 0 Å². The molecule has 1 spiro atoms. The number of para-hydroxylation sites is 2. The Kier molecular flexibility index (Phi) is 5.43. The zero-order chi connectivity index (χ0) is 34.0. The second-order valence-electron chi connectivity index (χ2n) is 14.0. The molecule has 3 heteroatoms. The molecule has 2 heterocycles. The minimum absolute atomic E-state index is 0.438. The monoisotopic (exact) mass is 663 g/mol. The van der Waals surface area contributed by atoms with Gasteiger partial charge in [0.15, 0.2) is 0 Å². The maximum absolute atomic E-state index is 6.45. The largest absolute Gasteiger partial charge is 0.456 e. The average molecular weight is 664 g/mol. The van der Waals surface area contributed by atoms with Crippen molar-refractivity contribution in [1.29, 1.82) is 0 Å². The third-order valence-corrected chi connectivity index (χ3v) is 11.5. The van der Waals surface area contributed by atoms with Crippen LogP contribution in [0, 0.1) is 0 Å². The molecule has 0 N–H and O–H groups in total. The average Bonchev–Trinajstić information content (AvgIpc) is 3.92. The molecule has 0 radical (unpaired) electrons. The van der Waals surface area contributed by atoms with E-state index in [1.54, 1.807) is 0 Å². The molecule has 0 bridgehead atoms. The lowest BCUT2D eigenvalue weighted by molar-refractivity contribution is 0.669. The topological polar surface area (TPSA) is 29.5 Å². The van der Waals surface area contributed by atoms with Crippen molar-refractivity contribution in [1.82, 2.24) is 0 Å². The Balaban J connectivity index is 1.14. The van der Waals surface area contributed by atoms with E-state index in [-0.39, 0.29) is 0 Å². The van der Waals surface area contributed by atoms with E-state index in [1.165, 1.54) is 44.5 Å². The number of hydrogen-bond donors (Lipinski definition) is 0. The Morgan fingerprint density at radius 3 is 1.21 bits per heavy atom. The van der Waals surface area contributed by atoms with Crippen LogP contribution in [0.4, 0.5) is 17.1 Å². The number of rotatable bonds is 3. The molecule has 242 valence electrons. The third-order valence-electron chi connectivity index (χ3n) is 11.5. The molecule has 52 heavy (non-hydrogen) atoms. The number of fused-ring (bicyclic) bond motifs is 16. The van der Waals surface area contributed by atoms with Crippen molar-refractivity contribution in [2.75, 3.05) is 4.90 Å². The van der Waals surface area contributed by atoms with Gasteiger partial charge in [0, 0.05) is 50.7 Å². The molecule has 0 saturated carbocycles. The van der Waals surface area contributed by atoms with E-state index < -0.39 is 5.41 Å². The summed E-state index contributed by atoms with van der Waals surface area (Å²) in [5.74, 6) is 0. The lowest BCUT2D eigenvalue weighted by Gasteiger charge is -2.32. The zero-order valence-corrected chi connectivity index (χ0v) is 28.0. The Morgan fingerprint density at radius 2 is 0.692 bits per heavy atom. The maximum atomic E-state index is 6.45. The van der Waals surface area contributed by atoms with E-state index in [0.717, 1.165) is 60.9 Å². The van der Waals surface area contributed by atoms with Crippen molar-refractivity contribution in [2.24, 2.45) is 0 Å². The summed E-state index contributed by atoms with van der Waals surface area (Å²) >= 11 is 0. The standard InChI is InChI=1S/C49H29NO2/c1-6-16-41-33(11-1)34-12-2-7-17-42(34)49(41)43-18-8-3-13-35(43)36-24-21-30(27-44(36)49)50(31-22-25-39-37-14-4-9-19-45(37)51-47(39)28-31)32-23-26-40-38-15-5-10-20-46(38)52-48(40)29-32/h1-29H. The summed E-state index contributed by atoms with van der Waals surface area (Å²) < 4.78 is 12.9. The summed E-state index contributed by atoms with van der Waals surface area (Å²) in [5.41, 5.74) is 16.6. The summed E-state index contributed by atoms with van der Waals surface area (Å²) in [6, 6.07) is 63.6. The van der Waals surface area contributed by atoms with Crippen LogP contribution in [0.25, 0.3) is 66.1 Å². The van der Waals surface area contributed by atoms with Gasteiger partial charge in [0.25, 0.3) is 0 Å². The first-order chi connectivity index (χ1) is 25.8. The molecular formula is C49H29NO2. The van der Waals surface area contributed by atoms with Crippen molar-refractivity contribution in [2.45, 2.75) is 5.41 Å². The number of hydrogen-bond acceptors (Lipinski definition) is 3. The summed E-state index contributed by atoms with van der Waals surface area (Å²) in [4.78, 5) is 2.35. The van der Waals surface area contributed by atoms with Crippen LogP contribution in [-0.4, -0.2) is 0 Å². The van der Waals surface area contributed by atoms with Crippen LogP contribution in [0.2, 0.25) is 0 Å². The zero-order valence-electron chi connectivity index (χ0n) is 28.0. The molecule has 0 amide bonds. The van der Waals surface area contributed by atoms with E-state index >= 15 is 0 Å². The molecule has 12 rings (SSSR count). The molecule has 2 aromatic heterocycles. The number of nitrogens with zero attached hydrogens (tertiary/aromatic N) is 1. The molecule has 0 fully saturated rings. The van der Waals surface area contributed by atoms with Gasteiger partial charge in [-0.1, -0.05) is 115 Å². The predicted octanol–water partition coefficient (Wildman–Crippen LogP) is 13.3. The van der Waals surface area contributed by atoms with E-state index in [9.17, 15) is 0 Å². The highest BCUT2D eigenvalue weighted by molar-refractivity contribution is 6.08. The SMILES string of the molecule is c1ccc2c(c1)-c1ccccc1C21c2ccccc2-c2ccc(N(c3ccc4c(c3)oc3ccccc34)c3ccc4c(c3)oc3ccccc34)cc21. The smallest absolute Gasteiger partial charge is 0.137 e. The lowest BCUT2D eigenvalue weighted by atomic mass is 9.70. The van der Waals surface area contributed by atoms with E-state index in [2.05, 4.69) is 157 Å². The van der Waals surface area contributed by atoms with Crippen LogP contribution < -0.4 is 4.90 Å². The van der Waals surface area contributed by atoms with E-state index in [0.29, 0.717) is 0 Å². The predicted molar refractivity (Wildman–Crippen MR) is 212 cm³/mol. The van der Waals surface area contributed by atoms with Gasteiger partial charge in [-0.15, -0.1) is 0 Å². The maximum Gasteiger partial charge on any atom is 0.137 e. The first-order valence-corrected chi connectivity index (χ1v) is 17.8. The fourth-order valence-corrected chi connectivity index (χ4v) is 9.38. The molecule has 0 saturated heterocycles. The molecular weight excluding hydrogens is 635 g/mol. The van der Waals surface area contributed by atoms with Gasteiger partial charge in [-0.05, 0) is 93.0 Å². The first kappa shape index (κ1) is 27.9. The summed E-state index contributed by atoms with van der Waals surface area (Å²) in [5, 5.41) is 4.45. The van der Waals surface area contributed by atoms with Gasteiger partial charge in [0.1, 0.15) is 22.3 Å². The minimum Gasteiger partial charge on any atom is -0.456 e. The molecule has 2 aliphatic rings. The highest BCUT2D eigenvalue weighted by atomic mass is 16.3. The van der Waals surface area contributed by atoms with Gasteiger partial charge in [-0.2, -0.15) is 0 Å². The quantitative estimate of drug-likeness (QED) is 0.188. The fourth-order valence-electron chi connectivity index (χ4n) is 9.38. The van der Waals surface area contributed by atoms with Gasteiger partial charge in [0.2, 0.25) is 0 Å². The Labute approximate surface area is 299 Å². The van der Waals surface area contributed by atoms with E-state index in [1.807, 2.05) is 24.3 Å². The van der Waals surface area contributed by atoms with Gasteiger partial charge in [-0.25, -0.2) is 0 Å². The van der Waals surface area contributed by atoms with Crippen molar-refractivity contribution >= 4 is 60.9 Å². The molecule has 0 aliphatic heterocycles. The second-order valence-corrected chi connectivity index (χ2v) is 14.0. The Bertz CT molecular complexity index is 2930. The highest BCUT2D eigenvalue weighted by Crippen LogP contribution is 2.63. The Morgan fingerprint density at radius 1 is 0.308 bits per heavy atom. The molecule has 0 unspecified atom stereocenters. The summed E-state index contributed by atoms with van der Waals surface area (Å²) in [6.45, 7) is 0. The van der Waals surface area contributed by atoms with Gasteiger partial charge in [-0.3, -0.25) is 0 Å². The van der Waals surface area contributed by atoms with Crippen molar-refractivity contribution in [3.05, 3.63) is 198 Å². The van der Waals surface area contributed by atoms with Crippen LogP contribution in [0.5, 0.6) is 0 Å². The lowest BCUT2D eigenvalue weighted by Crippen LogP contribution is -2.26. The van der Waals surface area contributed by atoms with Gasteiger partial charge < -0.3 is 13.7 Å². The minimum atomic E-state index is -0.438. The van der Waals surface area contributed by atoms with Gasteiger partial charge in [0.05, 0.1) is 5.41 Å². The van der Waals surface area contributed by atoms with Crippen LogP contribution in [-0.2, 0) is 5.41 Å². The molecule has 3 nitrogen and oxygen atoms in total. The normalized spacial score (nSPS) is 13.5. The summed E-state index contributed by atoms with van der Waals surface area (Å²) in [7, 11) is 0. The summed E-state index contributed by atoms with van der Waals surface area (Å²) in [6.07, 6.45) is 0. The number of furan rings is 2. The van der Waals surface area contributed by atoms with Crippen LogP contribution >= 0.6 is 0 Å².